The third-order valence-corrected chi connectivity index (χ3v) is 7.90. The van der Waals surface area contributed by atoms with Crippen LogP contribution in [0, 0.1) is 6.92 Å². The summed E-state index contributed by atoms with van der Waals surface area (Å²) in [6, 6.07) is 14.0. The highest BCUT2D eigenvalue weighted by Crippen LogP contribution is 2.46. The Bertz CT molecular complexity index is 1130. The highest BCUT2D eigenvalue weighted by atomic mass is 35.5. The molecule has 138 valence electrons. The number of aryl methyl sites for hydroxylation is 1. The maximum Gasteiger partial charge on any atom is 0.225 e. The van der Waals surface area contributed by atoms with Gasteiger partial charge in [-0.1, -0.05) is 41.4 Å². The third-order valence-electron chi connectivity index (χ3n) is 4.63. The Morgan fingerprint density at radius 3 is 2.59 bits per heavy atom. The van der Waals surface area contributed by atoms with E-state index in [1.165, 1.54) is 11.3 Å². The van der Waals surface area contributed by atoms with Crippen molar-refractivity contribution in [3.8, 4) is 0 Å². The molecule has 1 aliphatic rings. The van der Waals surface area contributed by atoms with E-state index in [1.807, 2.05) is 25.1 Å². The van der Waals surface area contributed by atoms with Crippen LogP contribution in [-0.2, 0) is 14.6 Å². The van der Waals surface area contributed by atoms with Crippen molar-refractivity contribution >= 4 is 44.4 Å². The van der Waals surface area contributed by atoms with Crippen molar-refractivity contribution in [3.63, 3.8) is 0 Å². The molecule has 4 nitrogen and oxygen atoms in total. The van der Waals surface area contributed by atoms with Crippen molar-refractivity contribution in [2.75, 3.05) is 5.32 Å². The number of benzene rings is 2. The molecule has 2 aromatic carbocycles. The summed E-state index contributed by atoms with van der Waals surface area (Å²) < 4.78 is 26.2. The van der Waals surface area contributed by atoms with Crippen LogP contribution in [0.2, 0.25) is 5.02 Å². The first-order valence-electron chi connectivity index (χ1n) is 8.35. The number of carbonyl (C=O) groups excluding carboxylic acids is 1. The Hall–Kier alpha value is -2.15. The molecule has 7 heteroatoms. The lowest BCUT2D eigenvalue weighted by Gasteiger charge is -2.24. The summed E-state index contributed by atoms with van der Waals surface area (Å²) in [7, 11) is -3.72. The fourth-order valence-electron chi connectivity index (χ4n) is 3.24. The lowest BCUT2D eigenvalue weighted by Crippen LogP contribution is -2.23. The van der Waals surface area contributed by atoms with Gasteiger partial charge in [-0.25, -0.2) is 8.42 Å². The van der Waals surface area contributed by atoms with Gasteiger partial charge in [0, 0.05) is 27.6 Å². The quantitative estimate of drug-likeness (QED) is 0.651. The SMILES string of the molecule is Cc1ccc(S(=O)(=O)c2csc3c2NC(=O)C[C@@H]3c2cccc(Cl)c2)cc1. The lowest BCUT2D eigenvalue weighted by atomic mass is 9.91. The Balaban J connectivity index is 1.83. The number of nitrogens with one attached hydrogen (secondary N) is 1. The number of hydrogen-bond acceptors (Lipinski definition) is 4. The van der Waals surface area contributed by atoms with Gasteiger partial charge in [0.25, 0.3) is 0 Å². The zero-order valence-corrected chi connectivity index (χ0v) is 16.8. The molecule has 2 heterocycles. The number of anilines is 1. The van der Waals surface area contributed by atoms with Gasteiger partial charge in [0.1, 0.15) is 4.90 Å². The van der Waals surface area contributed by atoms with E-state index in [2.05, 4.69) is 5.32 Å². The van der Waals surface area contributed by atoms with Crippen LogP contribution >= 0.6 is 22.9 Å². The number of rotatable bonds is 3. The number of amides is 1. The zero-order chi connectivity index (χ0) is 19.2. The molecule has 0 aliphatic carbocycles. The lowest BCUT2D eigenvalue weighted by molar-refractivity contribution is -0.116. The van der Waals surface area contributed by atoms with Crippen molar-refractivity contribution < 1.29 is 13.2 Å². The summed E-state index contributed by atoms with van der Waals surface area (Å²) in [5.41, 5.74) is 2.28. The monoisotopic (exact) mass is 417 g/mol. The zero-order valence-electron chi connectivity index (χ0n) is 14.4. The van der Waals surface area contributed by atoms with E-state index >= 15 is 0 Å². The van der Waals surface area contributed by atoms with Gasteiger partial charge >= 0.3 is 0 Å². The predicted molar refractivity (Wildman–Crippen MR) is 107 cm³/mol. The minimum atomic E-state index is -3.72. The second-order valence-electron chi connectivity index (χ2n) is 6.52. The average molecular weight is 418 g/mol. The molecule has 1 aliphatic heterocycles. The Morgan fingerprint density at radius 2 is 1.89 bits per heavy atom. The van der Waals surface area contributed by atoms with E-state index < -0.39 is 9.84 Å². The predicted octanol–water partition coefficient (Wildman–Crippen LogP) is 5.02. The van der Waals surface area contributed by atoms with Crippen LogP contribution in [-0.4, -0.2) is 14.3 Å². The minimum absolute atomic E-state index is 0.145. The molecule has 1 aromatic heterocycles. The molecule has 27 heavy (non-hydrogen) atoms. The minimum Gasteiger partial charge on any atom is -0.324 e. The highest BCUT2D eigenvalue weighted by molar-refractivity contribution is 7.91. The maximum absolute atomic E-state index is 13.1. The summed E-state index contributed by atoms with van der Waals surface area (Å²) in [6.07, 6.45) is 0.262. The Morgan fingerprint density at radius 1 is 1.15 bits per heavy atom. The van der Waals surface area contributed by atoms with Crippen LogP contribution in [0.3, 0.4) is 0 Å². The molecular weight excluding hydrogens is 402 g/mol. The summed E-state index contributed by atoms with van der Waals surface area (Å²) in [5.74, 6) is -0.411. The van der Waals surface area contributed by atoms with Gasteiger partial charge in [-0.15, -0.1) is 11.3 Å². The maximum atomic E-state index is 13.1. The van der Waals surface area contributed by atoms with Gasteiger partial charge in [0.2, 0.25) is 15.7 Å². The van der Waals surface area contributed by atoms with Gasteiger partial charge < -0.3 is 5.32 Å². The molecule has 0 saturated heterocycles. The van der Waals surface area contributed by atoms with E-state index in [1.54, 1.807) is 35.7 Å². The first kappa shape index (κ1) is 18.2. The molecule has 1 N–H and O–H groups in total. The first-order chi connectivity index (χ1) is 12.9. The number of fused-ring (bicyclic) bond motifs is 1. The second-order valence-corrected chi connectivity index (χ2v) is 9.78. The van der Waals surface area contributed by atoms with Crippen molar-refractivity contribution in [2.24, 2.45) is 0 Å². The van der Waals surface area contributed by atoms with Crippen molar-refractivity contribution in [1.82, 2.24) is 0 Å². The molecule has 0 spiro atoms. The van der Waals surface area contributed by atoms with E-state index in [0.29, 0.717) is 10.7 Å². The average Bonchev–Trinajstić information content (AvgIpc) is 3.06. The highest BCUT2D eigenvalue weighted by Gasteiger charge is 2.34. The van der Waals surface area contributed by atoms with Crippen LogP contribution < -0.4 is 5.32 Å². The molecule has 0 unspecified atom stereocenters. The number of hydrogen-bond donors (Lipinski definition) is 1. The van der Waals surface area contributed by atoms with Crippen molar-refractivity contribution in [1.29, 1.82) is 0 Å². The van der Waals surface area contributed by atoms with Crippen LogP contribution in [0.15, 0.2) is 63.7 Å². The molecule has 1 atom stereocenters. The molecular formula is C20H16ClNO3S2. The Kier molecular flexibility index (Phi) is 4.58. The fourth-order valence-corrected chi connectivity index (χ4v) is 6.35. The third kappa shape index (κ3) is 3.29. The van der Waals surface area contributed by atoms with E-state index in [-0.39, 0.29) is 28.0 Å². The molecule has 0 fully saturated rings. The van der Waals surface area contributed by atoms with Gasteiger partial charge in [-0.05, 0) is 36.8 Å². The largest absolute Gasteiger partial charge is 0.324 e. The molecule has 1 amide bonds. The topological polar surface area (TPSA) is 63.2 Å². The van der Waals surface area contributed by atoms with Gasteiger partial charge in [0.15, 0.2) is 0 Å². The fraction of sp³-hybridized carbons (Fsp3) is 0.150. The van der Waals surface area contributed by atoms with E-state index in [9.17, 15) is 13.2 Å². The summed E-state index contributed by atoms with van der Waals surface area (Å²) >= 11 is 7.46. The van der Waals surface area contributed by atoms with Gasteiger partial charge in [-0.3, -0.25) is 4.79 Å². The summed E-state index contributed by atoms with van der Waals surface area (Å²) in [5, 5.41) is 4.97. The van der Waals surface area contributed by atoms with Gasteiger partial charge in [0.05, 0.1) is 10.6 Å². The van der Waals surface area contributed by atoms with Crippen LogP contribution in [0.4, 0.5) is 5.69 Å². The summed E-state index contributed by atoms with van der Waals surface area (Å²) in [4.78, 5) is 13.5. The van der Waals surface area contributed by atoms with E-state index in [4.69, 9.17) is 11.6 Å². The number of halogens is 1. The molecule has 0 radical (unpaired) electrons. The molecule has 3 aromatic rings. The molecule has 4 rings (SSSR count). The van der Waals surface area contributed by atoms with Gasteiger partial charge in [-0.2, -0.15) is 0 Å². The number of carbonyl (C=O) groups is 1. The molecule has 0 saturated carbocycles. The first-order valence-corrected chi connectivity index (χ1v) is 11.1. The number of sulfone groups is 1. The van der Waals surface area contributed by atoms with E-state index in [0.717, 1.165) is 16.0 Å². The number of thiophene rings is 1. The second kappa shape index (κ2) is 6.78. The Labute approximate surface area is 166 Å². The summed E-state index contributed by atoms with van der Waals surface area (Å²) in [6.45, 7) is 1.90. The smallest absolute Gasteiger partial charge is 0.225 e. The molecule has 0 bridgehead atoms. The van der Waals surface area contributed by atoms with Crippen molar-refractivity contribution in [3.05, 3.63) is 74.9 Å². The normalized spacial score (nSPS) is 16.7. The van der Waals surface area contributed by atoms with Crippen LogP contribution in [0.1, 0.15) is 28.3 Å². The standard InChI is InChI=1S/C20H16ClNO3S2/c1-12-5-7-15(8-6-12)27(24,25)17-11-26-20-16(10-18(23)22-19(17)20)13-3-2-4-14(21)9-13/h2-9,11,16H,10H2,1H3,(H,22,23)/t16-/m1/s1. The van der Waals surface area contributed by atoms with Crippen molar-refractivity contribution in [2.45, 2.75) is 29.1 Å². The van der Waals surface area contributed by atoms with Crippen LogP contribution in [0.25, 0.3) is 0 Å². The van der Waals surface area contributed by atoms with Crippen LogP contribution in [0.5, 0.6) is 0 Å².